The summed E-state index contributed by atoms with van der Waals surface area (Å²) in [6.45, 7) is 0.484. The number of ether oxygens (including phenoxy) is 1. The Morgan fingerprint density at radius 3 is 2.59 bits per heavy atom. The van der Waals surface area contributed by atoms with E-state index in [-0.39, 0.29) is 6.03 Å². The van der Waals surface area contributed by atoms with Gasteiger partial charge in [0.05, 0.1) is 11.8 Å². The molecule has 6 nitrogen and oxygen atoms in total. The van der Waals surface area contributed by atoms with Crippen molar-refractivity contribution >= 4 is 32.7 Å². The molecule has 2 aromatic heterocycles. The number of aromatic nitrogens is 2. The molecule has 0 fully saturated rings. The van der Waals surface area contributed by atoms with Crippen molar-refractivity contribution in [2.75, 3.05) is 19.5 Å². The average Bonchev–Trinajstić information content (AvgIpc) is 3.17. The summed E-state index contributed by atoms with van der Waals surface area (Å²) in [5.74, 6) is 0.682. The molecule has 0 unspecified atom stereocenters. The maximum atomic E-state index is 12.6. The molecule has 0 saturated heterocycles. The number of fused-ring (bicyclic) bond motifs is 1. The molecule has 7 heteroatoms. The number of thiazole rings is 1. The van der Waals surface area contributed by atoms with Crippen molar-refractivity contribution in [1.29, 1.82) is 0 Å². The predicted molar refractivity (Wildman–Crippen MR) is 116 cm³/mol. The Kier molecular flexibility index (Phi) is 5.39. The highest BCUT2D eigenvalue weighted by Gasteiger charge is 2.17. The van der Waals surface area contributed by atoms with Gasteiger partial charge in [-0.15, -0.1) is 0 Å². The van der Waals surface area contributed by atoms with Gasteiger partial charge in [0.15, 0.2) is 5.13 Å². The molecule has 2 amide bonds. The van der Waals surface area contributed by atoms with E-state index in [2.05, 4.69) is 27.4 Å². The first-order valence-corrected chi connectivity index (χ1v) is 9.91. The quantitative estimate of drug-likeness (QED) is 0.507. The molecule has 1 N–H and O–H groups in total. The molecule has 0 radical (unpaired) electrons. The Morgan fingerprint density at radius 1 is 1.10 bits per heavy atom. The number of carbonyl (C=O) groups excluding carboxylic acids is 1. The van der Waals surface area contributed by atoms with Crippen molar-refractivity contribution in [2.24, 2.45) is 0 Å². The van der Waals surface area contributed by atoms with Crippen LogP contribution < -0.4 is 10.1 Å². The van der Waals surface area contributed by atoms with Gasteiger partial charge in [0.2, 0.25) is 0 Å². The molecular formula is C22H20N4O2S. The lowest BCUT2D eigenvalue weighted by molar-refractivity contribution is 0.220. The van der Waals surface area contributed by atoms with Crippen LogP contribution in [0, 0.1) is 0 Å². The molecule has 4 rings (SSSR count). The SMILES string of the molecule is COc1ccc(-c2ccccc2)c2sc(NC(=O)N(C)Cc3ccncc3)nc12. The number of carbonyl (C=O) groups is 1. The zero-order valence-electron chi connectivity index (χ0n) is 16.1. The summed E-state index contributed by atoms with van der Waals surface area (Å²) in [7, 11) is 3.37. The smallest absolute Gasteiger partial charge is 0.323 e. The van der Waals surface area contributed by atoms with Crippen LogP contribution in [0.15, 0.2) is 67.0 Å². The fourth-order valence-corrected chi connectivity index (χ4v) is 4.07. The second kappa shape index (κ2) is 8.28. The normalized spacial score (nSPS) is 10.7. The Labute approximate surface area is 172 Å². The van der Waals surface area contributed by atoms with Crippen molar-refractivity contribution in [3.05, 3.63) is 72.6 Å². The number of hydrogen-bond donors (Lipinski definition) is 1. The molecule has 0 saturated carbocycles. The lowest BCUT2D eigenvalue weighted by Gasteiger charge is -2.16. The highest BCUT2D eigenvalue weighted by Crippen LogP contribution is 2.39. The molecule has 0 aliphatic rings. The number of amides is 2. The van der Waals surface area contributed by atoms with Gasteiger partial charge in [-0.2, -0.15) is 0 Å². The zero-order valence-corrected chi connectivity index (χ0v) is 16.9. The summed E-state index contributed by atoms with van der Waals surface area (Å²) in [6, 6.07) is 17.6. The fraction of sp³-hybridized carbons (Fsp3) is 0.136. The van der Waals surface area contributed by atoms with Crippen LogP contribution in [0.5, 0.6) is 5.75 Å². The van der Waals surface area contributed by atoms with E-state index in [4.69, 9.17) is 4.74 Å². The monoisotopic (exact) mass is 404 g/mol. The molecule has 4 aromatic rings. The molecule has 2 heterocycles. The van der Waals surface area contributed by atoms with Gasteiger partial charge in [0.1, 0.15) is 11.3 Å². The number of hydrogen-bond acceptors (Lipinski definition) is 5. The van der Waals surface area contributed by atoms with Crippen molar-refractivity contribution in [3.63, 3.8) is 0 Å². The molecular weight excluding hydrogens is 384 g/mol. The van der Waals surface area contributed by atoms with Crippen LogP contribution in [0.2, 0.25) is 0 Å². The average molecular weight is 404 g/mol. The fourth-order valence-electron chi connectivity index (χ4n) is 3.07. The Morgan fingerprint density at radius 2 is 1.86 bits per heavy atom. The Bertz CT molecular complexity index is 1130. The topological polar surface area (TPSA) is 67.3 Å². The van der Waals surface area contributed by atoms with E-state index >= 15 is 0 Å². The molecule has 0 atom stereocenters. The third kappa shape index (κ3) is 4.05. The maximum Gasteiger partial charge on any atom is 0.323 e. The lowest BCUT2D eigenvalue weighted by atomic mass is 10.1. The van der Waals surface area contributed by atoms with Crippen molar-refractivity contribution in [2.45, 2.75) is 6.54 Å². The summed E-state index contributed by atoms with van der Waals surface area (Å²) in [5.41, 5.74) is 3.90. The molecule has 0 bridgehead atoms. The number of anilines is 1. The van der Waals surface area contributed by atoms with Gasteiger partial charge in [0, 0.05) is 31.5 Å². The number of nitrogens with zero attached hydrogens (tertiary/aromatic N) is 3. The largest absolute Gasteiger partial charge is 0.494 e. The highest BCUT2D eigenvalue weighted by atomic mass is 32.1. The minimum Gasteiger partial charge on any atom is -0.494 e. The van der Waals surface area contributed by atoms with Crippen molar-refractivity contribution < 1.29 is 9.53 Å². The maximum absolute atomic E-state index is 12.6. The summed E-state index contributed by atoms with van der Waals surface area (Å²) in [5, 5.41) is 3.44. The van der Waals surface area contributed by atoms with Crippen LogP contribution in [0.4, 0.5) is 9.93 Å². The van der Waals surface area contributed by atoms with Crippen molar-refractivity contribution in [3.8, 4) is 16.9 Å². The van der Waals surface area contributed by atoms with E-state index in [1.54, 1.807) is 31.5 Å². The van der Waals surface area contributed by atoms with Crippen LogP contribution in [-0.4, -0.2) is 35.1 Å². The first-order valence-electron chi connectivity index (χ1n) is 9.09. The Hall–Kier alpha value is -3.45. The molecule has 146 valence electrons. The first kappa shape index (κ1) is 18.9. The Balaban J connectivity index is 1.62. The predicted octanol–water partition coefficient (Wildman–Crippen LogP) is 5.03. The van der Waals surface area contributed by atoms with E-state index in [1.165, 1.54) is 11.3 Å². The van der Waals surface area contributed by atoms with E-state index in [0.717, 1.165) is 26.9 Å². The number of methoxy groups -OCH3 is 1. The van der Waals surface area contributed by atoms with Crippen LogP contribution in [-0.2, 0) is 6.54 Å². The second-order valence-electron chi connectivity index (χ2n) is 6.52. The highest BCUT2D eigenvalue weighted by molar-refractivity contribution is 7.23. The summed E-state index contributed by atoms with van der Waals surface area (Å²) >= 11 is 1.44. The molecule has 0 aliphatic carbocycles. The molecule has 0 spiro atoms. The number of rotatable bonds is 5. The summed E-state index contributed by atoms with van der Waals surface area (Å²) in [4.78, 5) is 22.9. The first-order chi connectivity index (χ1) is 14.2. The van der Waals surface area contributed by atoms with E-state index in [9.17, 15) is 4.79 Å². The van der Waals surface area contributed by atoms with Crippen LogP contribution in [0.25, 0.3) is 21.3 Å². The van der Waals surface area contributed by atoms with Gasteiger partial charge in [-0.1, -0.05) is 41.7 Å². The minimum atomic E-state index is -0.221. The summed E-state index contributed by atoms with van der Waals surface area (Å²) in [6.07, 6.45) is 3.43. The van der Waals surface area contributed by atoms with Gasteiger partial charge in [-0.3, -0.25) is 10.3 Å². The third-order valence-corrected chi connectivity index (χ3v) is 5.55. The van der Waals surface area contributed by atoms with Crippen LogP contribution >= 0.6 is 11.3 Å². The lowest BCUT2D eigenvalue weighted by Crippen LogP contribution is -2.30. The standard InChI is InChI=1S/C22H20N4O2S/c1-26(14-15-10-12-23-13-11-15)22(27)25-21-24-19-18(28-2)9-8-17(20(19)29-21)16-6-4-3-5-7-16/h3-13H,14H2,1-2H3,(H,24,25,27). The van der Waals surface area contributed by atoms with Crippen LogP contribution in [0.3, 0.4) is 0 Å². The molecule has 29 heavy (non-hydrogen) atoms. The van der Waals surface area contributed by atoms with Gasteiger partial charge in [-0.05, 0) is 35.4 Å². The minimum absolute atomic E-state index is 0.221. The van der Waals surface area contributed by atoms with E-state index in [0.29, 0.717) is 17.4 Å². The number of pyridine rings is 1. The van der Waals surface area contributed by atoms with E-state index in [1.807, 2.05) is 42.5 Å². The van der Waals surface area contributed by atoms with Crippen molar-refractivity contribution in [1.82, 2.24) is 14.9 Å². The third-order valence-electron chi connectivity index (χ3n) is 4.54. The summed E-state index contributed by atoms with van der Waals surface area (Å²) < 4.78 is 6.45. The van der Waals surface area contributed by atoms with E-state index < -0.39 is 0 Å². The van der Waals surface area contributed by atoms with Gasteiger partial charge in [-0.25, -0.2) is 9.78 Å². The van der Waals surface area contributed by atoms with Gasteiger partial charge in [0.25, 0.3) is 0 Å². The number of nitrogens with one attached hydrogen (secondary N) is 1. The van der Waals surface area contributed by atoms with Gasteiger partial charge < -0.3 is 9.64 Å². The number of benzene rings is 2. The molecule has 0 aliphatic heterocycles. The zero-order chi connectivity index (χ0) is 20.2. The number of urea groups is 1. The second-order valence-corrected chi connectivity index (χ2v) is 7.52. The molecule has 2 aromatic carbocycles. The van der Waals surface area contributed by atoms with Crippen LogP contribution in [0.1, 0.15) is 5.56 Å². The van der Waals surface area contributed by atoms with Gasteiger partial charge >= 0.3 is 6.03 Å².